The van der Waals surface area contributed by atoms with Crippen LogP contribution in [0.5, 0.6) is 0 Å². The van der Waals surface area contributed by atoms with Crippen LogP contribution < -0.4 is 0 Å². The van der Waals surface area contributed by atoms with Gasteiger partial charge in [0.25, 0.3) is 0 Å². The van der Waals surface area contributed by atoms with E-state index in [-0.39, 0.29) is 6.09 Å². The predicted octanol–water partition coefficient (Wildman–Crippen LogP) is 3.15. The summed E-state index contributed by atoms with van der Waals surface area (Å²) in [6.07, 6.45) is 1.63. The highest BCUT2D eigenvalue weighted by Crippen LogP contribution is 2.26. The fraction of sp³-hybridized carbons (Fsp3) is 0.733. The smallest absolute Gasteiger partial charge is 0.410 e. The maximum atomic E-state index is 12.1. The highest BCUT2D eigenvalue weighted by Gasteiger charge is 2.32. The number of carbonyl (C=O) groups is 1. The van der Waals surface area contributed by atoms with Crippen LogP contribution in [0.15, 0.2) is 11.6 Å². The predicted molar refractivity (Wildman–Crippen MR) is 84.5 cm³/mol. The summed E-state index contributed by atoms with van der Waals surface area (Å²) in [5.41, 5.74) is -0.439. The molecule has 0 N–H and O–H groups in total. The average Bonchev–Trinajstić information content (AvgIpc) is 2.89. The molecule has 118 valence electrons. The van der Waals surface area contributed by atoms with E-state index in [1.165, 1.54) is 0 Å². The van der Waals surface area contributed by atoms with E-state index < -0.39 is 5.60 Å². The lowest BCUT2D eigenvalue weighted by Gasteiger charge is -2.42. The summed E-state index contributed by atoms with van der Waals surface area (Å²) >= 11 is 1.68. The Hall–Kier alpha value is -1.14. The number of piperazine rings is 1. The lowest BCUT2D eigenvalue weighted by molar-refractivity contribution is -0.000724. The van der Waals surface area contributed by atoms with Crippen molar-refractivity contribution < 1.29 is 9.53 Å². The van der Waals surface area contributed by atoms with Crippen molar-refractivity contribution in [1.82, 2.24) is 14.8 Å². The summed E-state index contributed by atoms with van der Waals surface area (Å²) in [7, 11) is 0. The van der Waals surface area contributed by atoms with E-state index >= 15 is 0 Å². The van der Waals surface area contributed by atoms with Gasteiger partial charge in [0.2, 0.25) is 0 Å². The number of carbonyl (C=O) groups excluding carboxylic acids is 1. The Balaban J connectivity index is 1.94. The van der Waals surface area contributed by atoms with Gasteiger partial charge in [-0.3, -0.25) is 4.90 Å². The molecular weight excluding hydrogens is 286 g/mol. The molecule has 0 spiro atoms. The fourth-order valence-corrected chi connectivity index (χ4v) is 3.34. The number of hydrogen-bond acceptors (Lipinski definition) is 5. The minimum absolute atomic E-state index is 0.212. The van der Waals surface area contributed by atoms with E-state index in [0.717, 1.165) is 11.6 Å². The monoisotopic (exact) mass is 311 g/mol. The third kappa shape index (κ3) is 4.17. The number of hydrogen-bond donors (Lipinski definition) is 0. The number of thiazole rings is 1. The molecule has 1 saturated heterocycles. The van der Waals surface area contributed by atoms with Crippen LogP contribution in [0.1, 0.15) is 45.7 Å². The van der Waals surface area contributed by atoms with Crippen molar-refractivity contribution in [2.24, 2.45) is 0 Å². The molecule has 0 aromatic carbocycles. The van der Waals surface area contributed by atoms with Crippen molar-refractivity contribution in [1.29, 1.82) is 0 Å². The van der Waals surface area contributed by atoms with E-state index in [1.54, 1.807) is 16.2 Å². The van der Waals surface area contributed by atoms with Crippen molar-refractivity contribution in [3.05, 3.63) is 16.6 Å². The molecule has 1 aliphatic rings. The number of nitrogens with zero attached hydrogens (tertiary/aromatic N) is 3. The minimum atomic E-state index is -0.439. The van der Waals surface area contributed by atoms with Crippen molar-refractivity contribution in [2.45, 2.75) is 52.3 Å². The van der Waals surface area contributed by atoms with Crippen LogP contribution >= 0.6 is 11.3 Å². The van der Waals surface area contributed by atoms with E-state index in [4.69, 9.17) is 4.74 Å². The van der Waals surface area contributed by atoms with Gasteiger partial charge in [0.15, 0.2) is 0 Å². The molecule has 0 saturated carbocycles. The molecule has 0 unspecified atom stereocenters. The standard InChI is InChI=1S/C15H25N3O2S/c1-11-10-17(14(19)20-15(3,4)5)7-8-18(11)12(2)13-16-6-9-21-13/h6,9,11-12H,7-8,10H2,1-5H3/t11-,12-/m1/s1. The molecule has 2 rings (SSSR count). The Morgan fingerprint density at radius 1 is 1.48 bits per heavy atom. The van der Waals surface area contributed by atoms with Crippen LogP contribution in [0, 0.1) is 0 Å². The van der Waals surface area contributed by atoms with Crippen LogP contribution in [0.3, 0.4) is 0 Å². The van der Waals surface area contributed by atoms with E-state index in [1.807, 2.05) is 32.3 Å². The van der Waals surface area contributed by atoms with Crippen LogP contribution in [-0.2, 0) is 4.74 Å². The van der Waals surface area contributed by atoms with Gasteiger partial charge in [0.05, 0.1) is 6.04 Å². The van der Waals surface area contributed by atoms with Gasteiger partial charge in [0.1, 0.15) is 10.6 Å². The number of amides is 1. The third-order valence-corrected chi connectivity index (χ3v) is 4.58. The Morgan fingerprint density at radius 3 is 2.71 bits per heavy atom. The van der Waals surface area contributed by atoms with Crippen molar-refractivity contribution in [3.63, 3.8) is 0 Å². The summed E-state index contributed by atoms with van der Waals surface area (Å²) < 4.78 is 5.45. The van der Waals surface area contributed by atoms with Crippen LogP contribution in [0.4, 0.5) is 4.79 Å². The molecule has 5 nitrogen and oxygen atoms in total. The number of ether oxygens (including phenoxy) is 1. The van der Waals surface area contributed by atoms with Gasteiger partial charge in [-0.2, -0.15) is 0 Å². The summed E-state index contributed by atoms with van der Waals surface area (Å²) in [6, 6.07) is 0.589. The van der Waals surface area contributed by atoms with Gasteiger partial charge in [-0.05, 0) is 34.6 Å². The normalized spacial score (nSPS) is 22.1. The zero-order chi connectivity index (χ0) is 15.6. The van der Waals surface area contributed by atoms with Gasteiger partial charge < -0.3 is 9.64 Å². The molecule has 0 aliphatic carbocycles. The van der Waals surface area contributed by atoms with Crippen LogP contribution in [0.2, 0.25) is 0 Å². The topological polar surface area (TPSA) is 45.7 Å². The minimum Gasteiger partial charge on any atom is -0.444 e. The second kappa shape index (κ2) is 6.32. The maximum absolute atomic E-state index is 12.1. The molecule has 1 aliphatic heterocycles. The SMILES string of the molecule is C[C@@H]1CN(C(=O)OC(C)(C)C)CCN1[C@H](C)c1nccs1. The first kappa shape index (κ1) is 16.2. The molecule has 2 heterocycles. The van der Waals surface area contributed by atoms with E-state index in [2.05, 4.69) is 23.7 Å². The zero-order valence-electron chi connectivity index (χ0n) is 13.5. The summed E-state index contributed by atoms with van der Waals surface area (Å²) in [6.45, 7) is 12.3. The van der Waals surface area contributed by atoms with Crippen molar-refractivity contribution in [3.8, 4) is 0 Å². The molecule has 0 bridgehead atoms. The Kier molecular flexibility index (Phi) is 4.88. The maximum Gasteiger partial charge on any atom is 0.410 e. The highest BCUT2D eigenvalue weighted by molar-refractivity contribution is 7.09. The first-order valence-corrected chi connectivity index (χ1v) is 8.29. The van der Waals surface area contributed by atoms with Crippen molar-refractivity contribution in [2.75, 3.05) is 19.6 Å². The first-order chi connectivity index (χ1) is 9.78. The number of aromatic nitrogens is 1. The second-order valence-corrected chi connectivity index (χ2v) is 7.49. The molecule has 21 heavy (non-hydrogen) atoms. The lowest BCUT2D eigenvalue weighted by Crippen LogP contribution is -2.54. The van der Waals surface area contributed by atoms with E-state index in [0.29, 0.717) is 25.2 Å². The molecular formula is C15H25N3O2S. The van der Waals surface area contributed by atoms with Gasteiger partial charge >= 0.3 is 6.09 Å². The third-order valence-electron chi connectivity index (χ3n) is 3.64. The second-order valence-electron chi connectivity index (χ2n) is 6.56. The van der Waals surface area contributed by atoms with Gasteiger partial charge in [-0.15, -0.1) is 11.3 Å². The summed E-state index contributed by atoms with van der Waals surface area (Å²) in [4.78, 5) is 20.7. The largest absolute Gasteiger partial charge is 0.444 e. The summed E-state index contributed by atoms with van der Waals surface area (Å²) in [5, 5.41) is 3.14. The lowest BCUT2D eigenvalue weighted by atomic mass is 10.1. The van der Waals surface area contributed by atoms with Crippen LogP contribution in [-0.4, -0.2) is 52.2 Å². The van der Waals surface area contributed by atoms with Gasteiger partial charge in [0, 0.05) is 37.3 Å². The van der Waals surface area contributed by atoms with E-state index in [9.17, 15) is 4.79 Å². The van der Waals surface area contributed by atoms with Crippen molar-refractivity contribution >= 4 is 17.4 Å². The number of rotatable bonds is 2. The Labute approximate surface area is 130 Å². The van der Waals surface area contributed by atoms with Crippen LogP contribution in [0.25, 0.3) is 0 Å². The molecule has 1 aromatic rings. The van der Waals surface area contributed by atoms with Gasteiger partial charge in [-0.1, -0.05) is 0 Å². The Bertz CT molecular complexity index is 470. The first-order valence-electron chi connectivity index (χ1n) is 7.41. The molecule has 1 amide bonds. The summed E-state index contributed by atoms with van der Waals surface area (Å²) in [5.74, 6) is 0. The molecule has 0 radical (unpaired) electrons. The molecule has 1 fully saturated rings. The fourth-order valence-electron chi connectivity index (χ4n) is 2.62. The highest BCUT2D eigenvalue weighted by atomic mass is 32.1. The quantitative estimate of drug-likeness (QED) is 0.842. The Morgan fingerprint density at radius 2 is 2.19 bits per heavy atom. The average molecular weight is 311 g/mol. The molecule has 6 heteroatoms. The van der Waals surface area contributed by atoms with Gasteiger partial charge in [-0.25, -0.2) is 9.78 Å². The molecule has 2 atom stereocenters. The zero-order valence-corrected chi connectivity index (χ0v) is 14.3. The molecule has 1 aromatic heterocycles.